The second-order valence-electron chi connectivity index (χ2n) is 6.48. The van der Waals surface area contributed by atoms with Crippen LogP contribution in [-0.4, -0.2) is 53.1 Å². The third-order valence-electron chi connectivity index (χ3n) is 4.66. The maximum atomic E-state index is 12.1. The molecule has 2 aromatic rings. The van der Waals surface area contributed by atoms with Crippen LogP contribution in [0.15, 0.2) is 48.9 Å². The van der Waals surface area contributed by atoms with Crippen LogP contribution in [0.4, 0.5) is 10.6 Å². The number of nitrogens with zero attached hydrogens (tertiary/aromatic N) is 3. The summed E-state index contributed by atoms with van der Waals surface area (Å²) in [6.07, 6.45) is 5.88. The molecule has 1 saturated heterocycles. The monoisotopic (exact) mass is 354 g/mol. The number of benzene rings is 1. The zero-order chi connectivity index (χ0) is 18.2. The molecule has 3 rings (SSSR count). The number of carbonyl (C=O) groups excluding carboxylic acids is 1. The molecule has 0 radical (unpaired) electrons. The largest absolute Gasteiger partial charge is 0.367 e. The van der Waals surface area contributed by atoms with Gasteiger partial charge >= 0.3 is 6.03 Å². The molecule has 0 unspecified atom stereocenters. The zero-order valence-corrected chi connectivity index (χ0v) is 15.1. The molecule has 1 aliphatic rings. The van der Waals surface area contributed by atoms with Crippen LogP contribution in [0.1, 0.15) is 24.9 Å². The van der Waals surface area contributed by atoms with Crippen molar-refractivity contribution in [1.82, 2.24) is 25.5 Å². The minimum atomic E-state index is -0.120. The summed E-state index contributed by atoms with van der Waals surface area (Å²) in [4.78, 5) is 22.6. The van der Waals surface area contributed by atoms with Crippen molar-refractivity contribution < 1.29 is 4.79 Å². The number of likely N-dealkylation sites (tertiary alicyclic amines) is 1. The van der Waals surface area contributed by atoms with E-state index in [4.69, 9.17) is 0 Å². The van der Waals surface area contributed by atoms with Gasteiger partial charge in [0.15, 0.2) is 0 Å². The van der Waals surface area contributed by atoms with Crippen LogP contribution >= 0.6 is 0 Å². The molecule has 1 aliphatic heterocycles. The maximum absolute atomic E-state index is 12.1. The Morgan fingerprint density at radius 1 is 1.27 bits per heavy atom. The van der Waals surface area contributed by atoms with E-state index in [9.17, 15) is 4.79 Å². The van der Waals surface area contributed by atoms with Crippen molar-refractivity contribution in [2.75, 3.05) is 31.5 Å². The number of hydrogen-bond donors (Lipinski definition) is 3. The number of carbonyl (C=O) groups is 1. The summed E-state index contributed by atoms with van der Waals surface area (Å²) < 4.78 is 0. The predicted octanol–water partition coefficient (Wildman–Crippen LogP) is 2.02. The quantitative estimate of drug-likeness (QED) is 0.663. The van der Waals surface area contributed by atoms with Gasteiger partial charge in [0, 0.05) is 50.7 Å². The van der Waals surface area contributed by atoms with E-state index in [0.717, 1.165) is 19.5 Å². The van der Waals surface area contributed by atoms with E-state index in [1.165, 1.54) is 5.56 Å². The number of hydrogen-bond acceptors (Lipinski definition) is 5. The maximum Gasteiger partial charge on any atom is 0.315 e. The van der Waals surface area contributed by atoms with Gasteiger partial charge < -0.3 is 16.0 Å². The van der Waals surface area contributed by atoms with Gasteiger partial charge in [0.2, 0.25) is 0 Å². The van der Waals surface area contributed by atoms with Gasteiger partial charge in [0.05, 0.1) is 6.20 Å². The lowest BCUT2D eigenvalue weighted by Gasteiger charge is -2.24. The molecule has 1 aromatic carbocycles. The predicted molar refractivity (Wildman–Crippen MR) is 102 cm³/mol. The Morgan fingerprint density at radius 3 is 2.88 bits per heavy atom. The first-order valence-electron chi connectivity index (χ1n) is 9.05. The van der Waals surface area contributed by atoms with Gasteiger partial charge in [-0.1, -0.05) is 30.3 Å². The van der Waals surface area contributed by atoms with Gasteiger partial charge in [0.1, 0.15) is 5.82 Å². The van der Waals surface area contributed by atoms with Gasteiger partial charge in [0.25, 0.3) is 0 Å². The molecule has 0 aliphatic carbocycles. The number of rotatable bonds is 7. The first-order chi connectivity index (χ1) is 12.7. The fourth-order valence-electron chi connectivity index (χ4n) is 3.19. The van der Waals surface area contributed by atoms with E-state index >= 15 is 0 Å². The molecule has 7 nitrogen and oxygen atoms in total. The number of urea groups is 1. The number of amides is 2. The van der Waals surface area contributed by atoms with Crippen molar-refractivity contribution in [3.63, 3.8) is 0 Å². The first kappa shape index (κ1) is 18.1. The molecular formula is C19H26N6O. The average molecular weight is 354 g/mol. The van der Waals surface area contributed by atoms with Gasteiger partial charge in [-0.05, 0) is 18.9 Å². The number of aromatic nitrogens is 2. The Balaban J connectivity index is 1.35. The van der Waals surface area contributed by atoms with Crippen molar-refractivity contribution >= 4 is 11.8 Å². The first-order valence-corrected chi connectivity index (χ1v) is 9.05. The third kappa shape index (κ3) is 5.16. The van der Waals surface area contributed by atoms with E-state index in [0.29, 0.717) is 24.9 Å². The fraction of sp³-hybridized carbons (Fsp3) is 0.421. The van der Waals surface area contributed by atoms with Crippen LogP contribution in [0, 0.1) is 0 Å². The summed E-state index contributed by atoms with van der Waals surface area (Å²) >= 11 is 0. The minimum Gasteiger partial charge on any atom is -0.367 e. The van der Waals surface area contributed by atoms with Crippen LogP contribution in [0.2, 0.25) is 0 Å². The summed E-state index contributed by atoms with van der Waals surface area (Å²) in [7, 11) is 0. The van der Waals surface area contributed by atoms with E-state index in [2.05, 4.69) is 62.0 Å². The zero-order valence-electron chi connectivity index (χ0n) is 15.1. The summed E-state index contributed by atoms with van der Waals surface area (Å²) in [6.45, 7) is 5.22. The van der Waals surface area contributed by atoms with E-state index in [1.807, 2.05) is 6.07 Å². The normalized spacial score (nSPS) is 18.3. The molecule has 26 heavy (non-hydrogen) atoms. The third-order valence-corrected chi connectivity index (χ3v) is 4.66. The Hall–Kier alpha value is -2.67. The highest BCUT2D eigenvalue weighted by atomic mass is 16.2. The van der Waals surface area contributed by atoms with Crippen molar-refractivity contribution in [2.24, 2.45) is 0 Å². The molecule has 3 N–H and O–H groups in total. The SMILES string of the molecule is C[C@H](c1ccccc1)N1CC[C@H](NC(=O)NCCNc2cnccn2)C1. The van der Waals surface area contributed by atoms with E-state index in [-0.39, 0.29) is 12.1 Å². The summed E-state index contributed by atoms with van der Waals surface area (Å²) in [6, 6.07) is 10.9. The number of anilines is 1. The second-order valence-corrected chi connectivity index (χ2v) is 6.48. The molecule has 2 amide bonds. The van der Waals surface area contributed by atoms with E-state index in [1.54, 1.807) is 18.6 Å². The van der Waals surface area contributed by atoms with Crippen molar-refractivity contribution in [1.29, 1.82) is 0 Å². The second kappa shape index (κ2) is 9.15. The summed E-state index contributed by atoms with van der Waals surface area (Å²) in [5.74, 6) is 0.705. The Labute approximate surface area is 154 Å². The highest BCUT2D eigenvalue weighted by Crippen LogP contribution is 2.24. The average Bonchev–Trinajstić information content (AvgIpc) is 3.14. The topological polar surface area (TPSA) is 82.2 Å². The van der Waals surface area contributed by atoms with Crippen molar-refractivity contribution in [2.45, 2.75) is 25.4 Å². The van der Waals surface area contributed by atoms with Gasteiger partial charge in [-0.15, -0.1) is 0 Å². The molecule has 0 bridgehead atoms. The number of nitrogens with one attached hydrogen (secondary N) is 3. The Morgan fingerprint density at radius 2 is 2.12 bits per heavy atom. The van der Waals surface area contributed by atoms with Gasteiger partial charge in [-0.2, -0.15) is 0 Å². The lowest BCUT2D eigenvalue weighted by atomic mass is 10.1. The van der Waals surface area contributed by atoms with Crippen LogP contribution in [0.5, 0.6) is 0 Å². The molecule has 2 atom stereocenters. The molecule has 7 heteroatoms. The molecular weight excluding hydrogens is 328 g/mol. The highest BCUT2D eigenvalue weighted by Gasteiger charge is 2.27. The summed E-state index contributed by atoms with van der Waals surface area (Å²) in [5.41, 5.74) is 1.31. The molecule has 138 valence electrons. The van der Waals surface area contributed by atoms with Crippen LogP contribution < -0.4 is 16.0 Å². The molecule has 1 aromatic heterocycles. The Kier molecular flexibility index (Phi) is 6.38. The van der Waals surface area contributed by atoms with Crippen LogP contribution in [-0.2, 0) is 0 Å². The van der Waals surface area contributed by atoms with Crippen LogP contribution in [0.3, 0.4) is 0 Å². The molecule has 0 saturated carbocycles. The highest BCUT2D eigenvalue weighted by molar-refractivity contribution is 5.74. The molecule has 1 fully saturated rings. The van der Waals surface area contributed by atoms with Crippen molar-refractivity contribution in [3.8, 4) is 0 Å². The lowest BCUT2D eigenvalue weighted by Crippen LogP contribution is -2.44. The Bertz CT molecular complexity index is 681. The van der Waals surface area contributed by atoms with Gasteiger partial charge in [-0.3, -0.25) is 9.88 Å². The summed E-state index contributed by atoms with van der Waals surface area (Å²) in [5, 5.41) is 9.05. The fourth-order valence-corrected chi connectivity index (χ4v) is 3.19. The molecule has 0 spiro atoms. The van der Waals surface area contributed by atoms with Gasteiger partial charge in [-0.25, -0.2) is 9.78 Å². The minimum absolute atomic E-state index is 0.120. The standard InChI is InChI=1S/C19H26N6O/c1-15(16-5-3-2-4-6-16)25-12-7-17(14-25)24-19(26)23-11-10-22-18-13-20-8-9-21-18/h2-6,8-9,13,15,17H,7,10-12,14H2,1H3,(H,21,22)(H2,23,24,26)/t15-,17+/m1/s1. The van der Waals surface area contributed by atoms with E-state index < -0.39 is 0 Å². The smallest absolute Gasteiger partial charge is 0.315 e. The lowest BCUT2D eigenvalue weighted by molar-refractivity contribution is 0.232. The van der Waals surface area contributed by atoms with Crippen molar-refractivity contribution in [3.05, 3.63) is 54.5 Å². The van der Waals surface area contributed by atoms with Crippen LogP contribution in [0.25, 0.3) is 0 Å². The molecule has 2 heterocycles.